The fourth-order valence-electron chi connectivity index (χ4n) is 3.44. The molecule has 0 saturated heterocycles. The molecule has 1 aromatic heterocycles. The molecule has 7 nitrogen and oxygen atoms in total. The van der Waals surface area contributed by atoms with Crippen molar-refractivity contribution in [3.05, 3.63) is 78.0 Å². The number of rotatable bonds is 6. The molecular weight excluding hydrogens is 436 g/mol. The molecule has 3 amide bonds. The van der Waals surface area contributed by atoms with E-state index in [4.69, 9.17) is 4.74 Å². The molecule has 0 bridgehead atoms. The van der Waals surface area contributed by atoms with Gasteiger partial charge in [0.1, 0.15) is 10.8 Å². The zero-order chi connectivity index (χ0) is 23.2. The number of thioether (sulfide) groups is 1. The van der Waals surface area contributed by atoms with Crippen LogP contribution in [0.1, 0.15) is 29.8 Å². The minimum atomic E-state index is -0.245. The van der Waals surface area contributed by atoms with E-state index in [1.165, 1.54) is 0 Å². The molecule has 0 unspecified atom stereocenters. The normalized spacial score (nSPS) is 12.8. The van der Waals surface area contributed by atoms with Crippen molar-refractivity contribution in [2.24, 2.45) is 0 Å². The monoisotopic (exact) mass is 462 g/mol. The number of nitrogens with zero attached hydrogens (tertiary/aromatic N) is 2. The van der Waals surface area contributed by atoms with Gasteiger partial charge in [-0.15, -0.1) is 11.8 Å². The molecule has 2 aromatic carbocycles. The summed E-state index contributed by atoms with van der Waals surface area (Å²) in [5, 5.41) is 6.66. The van der Waals surface area contributed by atoms with Crippen molar-refractivity contribution in [3.63, 3.8) is 0 Å². The second kappa shape index (κ2) is 10.4. The Bertz CT molecular complexity index is 1130. The lowest BCUT2D eigenvalue weighted by atomic mass is 10.1. The van der Waals surface area contributed by atoms with Crippen molar-refractivity contribution >= 4 is 35.1 Å². The third-order valence-corrected chi connectivity index (χ3v) is 5.94. The molecule has 1 aliphatic rings. The highest BCUT2D eigenvalue weighted by atomic mass is 32.2. The van der Waals surface area contributed by atoms with Gasteiger partial charge in [-0.1, -0.05) is 18.2 Å². The SMILES string of the molecule is CC(C)Oc1ccc(CNC(=O)c2cccc(NC(=O)N3CCSc4ncccc43)c2)cc1. The molecule has 8 heteroatoms. The van der Waals surface area contributed by atoms with Gasteiger partial charge in [0.25, 0.3) is 5.91 Å². The zero-order valence-electron chi connectivity index (χ0n) is 18.6. The summed E-state index contributed by atoms with van der Waals surface area (Å²) in [6, 6.07) is 18.0. The van der Waals surface area contributed by atoms with E-state index in [0.29, 0.717) is 24.3 Å². The van der Waals surface area contributed by atoms with Crippen LogP contribution in [0.25, 0.3) is 0 Å². The number of amides is 3. The summed E-state index contributed by atoms with van der Waals surface area (Å²) in [5.74, 6) is 1.37. The highest BCUT2D eigenvalue weighted by Crippen LogP contribution is 2.32. The Morgan fingerprint density at radius 2 is 1.94 bits per heavy atom. The van der Waals surface area contributed by atoms with Crippen molar-refractivity contribution in [1.29, 1.82) is 0 Å². The van der Waals surface area contributed by atoms with Crippen LogP contribution in [0, 0.1) is 0 Å². The van der Waals surface area contributed by atoms with E-state index in [-0.39, 0.29) is 18.0 Å². The van der Waals surface area contributed by atoms with Gasteiger partial charge < -0.3 is 15.4 Å². The van der Waals surface area contributed by atoms with Crippen LogP contribution in [0.2, 0.25) is 0 Å². The number of hydrogen-bond acceptors (Lipinski definition) is 5. The zero-order valence-corrected chi connectivity index (χ0v) is 19.4. The molecule has 0 atom stereocenters. The van der Waals surface area contributed by atoms with Crippen molar-refractivity contribution in [2.75, 3.05) is 22.5 Å². The molecule has 0 saturated carbocycles. The number of carbonyl (C=O) groups excluding carboxylic acids is 2. The van der Waals surface area contributed by atoms with Crippen LogP contribution in [0.15, 0.2) is 71.9 Å². The van der Waals surface area contributed by atoms with Gasteiger partial charge in [-0.05, 0) is 61.9 Å². The number of benzene rings is 2. The Morgan fingerprint density at radius 1 is 1.12 bits per heavy atom. The molecule has 1 aliphatic heterocycles. The smallest absolute Gasteiger partial charge is 0.326 e. The predicted molar refractivity (Wildman–Crippen MR) is 131 cm³/mol. The first-order chi connectivity index (χ1) is 16.0. The number of carbonyl (C=O) groups is 2. The number of hydrogen-bond donors (Lipinski definition) is 2. The van der Waals surface area contributed by atoms with Crippen LogP contribution in [0.5, 0.6) is 5.75 Å². The highest BCUT2D eigenvalue weighted by Gasteiger charge is 2.23. The molecule has 0 spiro atoms. The summed E-state index contributed by atoms with van der Waals surface area (Å²) in [6.45, 7) is 4.95. The number of fused-ring (bicyclic) bond motifs is 1. The van der Waals surface area contributed by atoms with E-state index in [1.54, 1.807) is 47.1 Å². The molecule has 4 rings (SSSR count). The maximum Gasteiger partial charge on any atom is 0.326 e. The molecule has 0 radical (unpaired) electrons. The largest absolute Gasteiger partial charge is 0.491 e. The average molecular weight is 463 g/mol. The predicted octanol–water partition coefficient (Wildman–Crippen LogP) is 4.94. The fourth-order valence-corrected chi connectivity index (χ4v) is 4.36. The summed E-state index contributed by atoms with van der Waals surface area (Å²) >= 11 is 1.64. The Labute approximate surface area is 197 Å². The van der Waals surface area contributed by atoms with Crippen molar-refractivity contribution in [2.45, 2.75) is 31.5 Å². The molecular formula is C25H26N4O3S. The summed E-state index contributed by atoms with van der Waals surface area (Å²) in [4.78, 5) is 31.6. The van der Waals surface area contributed by atoms with E-state index >= 15 is 0 Å². The first kappa shape index (κ1) is 22.7. The molecule has 170 valence electrons. The fraction of sp³-hybridized carbons (Fsp3) is 0.240. The van der Waals surface area contributed by atoms with Crippen LogP contribution in [-0.4, -0.2) is 35.3 Å². The van der Waals surface area contributed by atoms with Crippen LogP contribution >= 0.6 is 11.8 Å². The van der Waals surface area contributed by atoms with Gasteiger partial charge in [0.15, 0.2) is 0 Å². The van der Waals surface area contributed by atoms with Crippen molar-refractivity contribution < 1.29 is 14.3 Å². The molecule has 2 heterocycles. The summed E-state index contributed by atoms with van der Waals surface area (Å²) in [6.07, 6.45) is 1.84. The van der Waals surface area contributed by atoms with Gasteiger partial charge in [0, 0.05) is 36.3 Å². The Morgan fingerprint density at radius 3 is 2.73 bits per heavy atom. The minimum Gasteiger partial charge on any atom is -0.491 e. The van der Waals surface area contributed by atoms with Gasteiger partial charge in [-0.3, -0.25) is 9.69 Å². The van der Waals surface area contributed by atoms with Crippen LogP contribution in [0.4, 0.5) is 16.2 Å². The van der Waals surface area contributed by atoms with Gasteiger partial charge in [-0.25, -0.2) is 9.78 Å². The number of ether oxygens (including phenoxy) is 1. The quantitative estimate of drug-likeness (QED) is 0.542. The van der Waals surface area contributed by atoms with Crippen LogP contribution in [0.3, 0.4) is 0 Å². The molecule has 33 heavy (non-hydrogen) atoms. The standard InChI is InChI=1S/C25H26N4O3S/c1-17(2)32-21-10-8-18(9-11-21)16-27-23(30)19-5-3-6-20(15-19)28-25(31)29-13-14-33-24-22(29)7-4-12-26-24/h3-12,15,17H,13-14,16H2,1-2H3,(H,27,30)(H,28,31). The van der Waals surface area contributed by atoms with E-state index in [9.17, 15) is 9.59 Å². The van der Waals surface area contributed by atoms with E-state index < -0.39 is 0 Å². The lowest BCUT2D eigenvalue weighted by Gasteiger charge is -2.28. The van der Waals surface area contributed by atoms with Crippen molar-refractivity contribution in [3.8, 4) is 5.75 Å². The third-order valence-electron chi connectivity index (χ3n) is 4.96. The van der Waals surface area contributed by atoms with Crippen LogP contribution < -0.4 is 20.3 Å². The van der Waals surface area contributed by atoms with Gasteiger partial charge in [-0.2, -0.15) is 0 Å². The summed E-state index contributed by atoms with van der Waals surface area (Å²) in [5.41, 5.74) is 2.81. The maximum absolute atomic E-state index is 12.9. The van der Waals surface area contributed by atoms with E-state index in [0.717, 1.165) is 27.8 Å². The number of anilines is 2. The molecule has 3 aromatic rings. The first-order valence-electron chi connectivity index (χ1n) is 10.8. The van der Waals surface area contributed by atoms with Gasteiger partial charge >= 0.3 is 6.03 Å². The average Bonchev–Trinajstić information content (AvgIpc) is 2.83. The lowest BCUT2D eigenvalue weighted by Crippen LogP contribution is -2.38. The molecule has 2 N–H and O–H groups in total. The number of urea groups is 1. The third kappa shape index (κ3) is 5.84. The molecule has 0 aliphatic carbocycles. The topological polar surface area (TPSA) is 83.6 Å². The Balaban J connectivity index is 1.36. The second-order valence-corrected chi connectivity index (χ2v) is 8.92. The maximum atomic E-state index is 12.9. The minimum absolute atomic E-state index is 0.114. The second-order valence-electron chi connectivity index (χ2n) is 7.83. The first-order valence-corrected chi connectivity index (χ1v) is 11.8. The van der Waals surface area contributed by atoms with E-state index in [1.807, 2.05) is 50.2 Å². The Kier molecular flexibility index (Phi) is 7.14. The number of pyridine rings is 1. The molecule has 0 fully saturated rings. The lowest BCUT2D eigenvalue weighted by molar-refractivity contribution is 0.0951. The van der Waals surface area contributed by atoms with E-state index in [2.05, 4.69) is 15.6 Å². The van der Waals surface area contributed by atoms with Crippen molar-refractivity contribution in [1.82, 2.24) is 10.3 Å². The Hall–Kier alpha value is -3.52. The number of nitrogens with one attached hydrogen (secondary N) is 2. The van der Waals surface area contributed by atoms with Gasteiger partial charge in [0.05, 0.1) is 11.8 Å². The highest BCUT2D eigenvalue weighted by molar-refractivity contribution is 7.99. The summed E-state index contributed by atoms with van der Waals surface area (Å²) in [7, 11) is 0. The summed E-state index contributed by atoms with van der Waals surface area (Å²) < 4.78 is 5.64. The van der Waals surface area contributed by atoms with Gasteiger partial charge in [0.2, 0.25) is 0 Å². The van der Waals surface area contributed by atoms with Crippen LogP contribution in [-0.2, 0) is 6.54 Å². The number of aromatic nitrogens is 1.